The van der Waals surface area contributed by atoms with Gasteiger partial charge in [0.25, 0.3) is 11.5 Å². The molecule has 0 radical (unpaired) electrons. The molecular weight excluding hydrogens is 332 g/mol. The molecule has 1 amide bonds. The maximum absolute atomic E-state index is 12.5. The Morgan fingerprint density at radius 2 is 2.04 bits per heavy atom. The van der Waals surface area contributed by atoms with Gasteiger partial charge in [-0.3, -0.25) is 9.59 Å². The van der Waals surface area contributed by atoms with Crippen LogP contribution in [0.25, 0.3) is 16.6 Å². The Morgan fingerprint density at radius 1 is 1.23 bits per heavy atom. The average molecular weight is 350 g/mol. The van der Waals surface area contributed by atoms with Crippen molar-refractivity contribution in [2.24, 2.45) is 0 Å². The van der Waals surface area contributed by atoms with Crippen LogP contribution >= 0.6 is 0 Å². The van der Waals surface area contributed by atoms with Gasteiger partial charge in [-0.2, -0.15) is 4.98 Å². The largest absolute Gasteiger partial charge is 0.351 e. The normalized spacial score (nSPS) is 14.5. The molecule has 0 saturated carbocycles. The maximum atomic E-state index is 12.5. The summed E-state index contributed by atoms with van der Waals surface area (Å²) in [5.41, 5.74) is 2.33. The number of aromatic nitrogens is 3. The van der Waals surface area contributed by atoms with E-state index in [1.165, 1.54) is 0 Å². The highest BCUT2D eigenvalue weighted by molar-refractivity contribution is 5.92. The minimum Gasteiger partial charge on any atom is -0.351 e. The van der Waals surface area contributed by atoms with Crippen molar-refractivity contribution in [1.29, 1.82) is 0 Å². The molecule has 0 atom stereocenters. The fraction of sp³-hybridized carbons (Fsp3) is 0.263. The number of nitrogens with zero attached hydrogens (tertiary/aromatic N) is 4. The van der Waals surface area contributed by atoms with Crippen molar-refractivity contribution in [3.05, 3.63) is 64.0 Å². The van der Waals surface area contributed by atoms with Gasteiger partial charge in [-0.25, -0.2) is 0 Å². The molecule has 0 bridgehead atoms. The Hall–Kier alpha value is -3.22. The van der Waals surface area contributed by atoms with Crippen LogP contribution < -0.4 is 5.56 Å². The Morgan fingerprint density at radius 3 is 2.73 bits per heavy atom. The number of hydrogen-bond donors (Lipinski definition) is 0. The minimum atomic E-state index is -0.219. The Balaban J connectivity index is 1.67. The highest BCUT2D eigenvalue weighted by Crippen LogP contribution is 2.23. The fourth-order valence-electron chi connectivity index (χ4n) is 3.31. The van der Waals surface area contributed by atoms with Gasteiger partial charge >= 0.3 is 0 Å². The van der Waals surface area contributed by atoms with E-state index in [1.807, 2.05) is 35.8 Å². The number of para-hydroxylation sites is 1. The molecule has 132 valence electrons. The van der Waals surface area contributed by atoms with E-state index >= 15 is 0 Å². The second-order valence-corrected chi connectivity index (χ2v) is 6.35. The summed E-state index contributed by atoms with van der Waals surface area (Å²) in [6.45, 7) is 4.63. The molecule has 1 aliphatic heterocycles. The topological polar surface area (TPSA) is 81.2 Å². The molecule has 0 N–H and O–H groups in total. The van der Waals surface area contributed by atoms with E-state index in [-0.39, 0.29) is 17.2 Å². The van der Waals surface area contributed by atoms with Crippen molar-refractivity contribution in [1.82, 2.24) is 19.6 Å². The van der Waals surface area contributed by atoms with Crippen molar-refractivity contribution in [3.8, 4) is 0 Å². The zero-order valence-electron chi connectivity index (χ0n) is 14.6. The van der Waals surface area contributed by atoms with Gasteiger partial charge in [0.05, 0.1) is 16.6 Å². The van der Waals surface area contributed by atoms with Gasteiger partial charge in [0.15, 0.2) is 0 Å². The summed E-state index contributed by atoms with van der Waals surface area (Å²) < 4.78 is 7.07. The maximum Gasteiger partial charge on any atom is 0.292 e. The molecule has 7 nitrogen and oxygen atoms in total. The van der Waals surface area contributed by atoms with E-state index < -0.39 is 0 Å². The third kappa shape index (κ3) is 2.71. The quantitative estimate of drug-likeness (QED) is 0.709. The number of hydrogen-bond acceptors (Lipinski definition) is 5. The molecule has 0 spiro atoms. The molecule has 26 heavy (non-hydrogen) atoms. The lowest BCUT2D eigenvalue weighted by atomic mass is 10.1. The highest BCUT2D eigenvalue weighted by Gasteiger charge is 2.23. The van der Waals surface area contributed by atoms with Crippen LogP contribution in [0.15, 0.2) is 45.7 Å². The number of benzene rings is 1. The predicted octanol–water partition coefficient (Wildman–Crippen LogP) is 2.39. The van der Waals surface area contributed by atoms with Gasteiger partial charge in [0.1, 0.15) is 5.82 Å². The van der Waals surface area contributed by atoms with Crippen molar-refractivity contribution < 1.29 is 9.32 Å². The molecule has 1 aromatic carbocycles. The molecule has 0 aliphatic carbocycles. The smallest absolute Gasteiger partial charge is 0.292 e. The molecule has 0 fully saturated rings. The molecule has 1 aliphatic rings. The van der Waals surface area contributed by atoms with Crippen molar-refractivity contribution >= 4 is 22.5 Å². The van der Waals surface area contributed by atoms with Gasteiger partial charge in [0, 0.05) is 31.3 Å². The van der Waals surface area contributed by atoms with E-state index in [0.717, 1.165) is 11.2 Å². The van der Waals surface area contributed by atoms with E-state index in [9.17, 15) is 9.59 Å². The van der Waals surface area contributed by atoms with E-state index in [2.05, 4.69) is 10.1 Å². The molecule has 2 aromatic heterocycles. The zero-order chi connectivity index (χ0) is 18.3. The van der Waals surface area contributed by atoms with Crippen LogP contribution in [0.1, 0.15) is 28.5 Å². The van der Waals surface area contributed by atoms with Gasteiger partial charge in [-0.1, -0.05) is 17.3 Å². The van der Waals surface area contributed by atoms with Gasteiger partial charge in [-0.15, -0.1) is 0 Å². The first kappa shape index (κ1) is 16.3. The Labute approximate surface area is 149 Å². The summed E-state index contributed by atoms with van der Waals surface area (Å²) in [5, 5.41) is 4.36. The first-order valence-corrected chi connectivity index (χ1v) is 8.45. The van der Waals surface area contributed by atoms with Crippen molar-refractivity contribution in [2.45, 2.75) is 20.3 Å². The average Bonchev–Trinajstić information content (AvgIpc) is 3.08. The van der Waals surface area contributed by atoms with Crippen LogP contribution in [-0.2, 0) is 0 Å². The third-order valence-electron chi connectivity index (χ3n) is 4.56. The number of amides is 1. The van der Waals surface area contributed by atoms with Gasteiger partial charge in [0.2, 0.25) is 5.76 Å². The minimum absolute atomic E-state index is 0.166. The van der Waals surface area contributed by atoms with Crippen LogP contribution in [0.2, 0.25) is 0 Å². The Bertz CT molecular complexity index is 1090. The Kier molecular flexibility index (Phi) is 3.91. The number of carbonyl (C=O) groups excluding carboxylic acids is 1. The van der Waals surface area contributed by atoms with E-state index in [4.69, 9.17) is 4.52 Å². The molecule has 3 heterocycles. The van der Waals surface area contributed by atoms with E-state index in [0.29, 0.717) is 36.4 Å². The lowest BCUT2D eigenvalue weighted by Crippen LogP contribution is -2.35. The number of fused-ring (bicyclic) bond motifs is 1. The molecular formula is C19H18N4O3. The summed E-state index contributed by atoms with van der Waals surface area (Å²) >= 11 is 0. The first-order valence-electron chi connectivity index (χ1n) is 8.45. The second kappa shape index (κ2) is 6.25. The zero-order valence-corrected chi connectivity index (χ0v) is 14.6. The van der Waals surface area contributed by atoms with Crippen LogP contribution in [-0.4, -0.2) is 38.6 Å². The van der Waals surface area contributed by atoms with Gasteiger partial charge < -0.3 is 14.0 Å². The summed E-state index contributed by atoms with van der Waals surface area (Å²) in [5.74, 6) is 0.733. The lowest BCUT2D eigenvalue weighted by molar-refractivity contribution is 0.0730. The van der Waals surface area contributed by atoms with Crippen LogP contribution in [0.5, 0.6) is 0 Å². The second-order valence-electron chi connectivity index (χ2n) is 6.35. The third-order valence-corrected chi connectivity index (χ3v) is 4.56. The molecule has 0 saturated heterocycles. The van der Waals surface area contributed by atoms with E-state index in [1.54, 1.807) is 24.0 Å². The number of carbonyl (C=O) groups is 1. The molecule has 3 aromatic rings. The van der Waals surface area contributed by atoms with Crippen LogP contribution in [0.3, 0.4) is 0 Å². The van der Waals surface area contributed by atoms with Gasteiger partial charge in [-0.05, 0) is 32.1 Å². The lowest BCUT2D eigenvalue weighted by Gasteiger charge is -2.27. The fourth-order valence-corrected chi connectivity index (χ4v) is 3.31. The van der Waals surface area contributed by atoms with Crippen LogP contribution in [0.4, 0.5) is 0 Å². The van der Waals surface area contributed by atoms with Crippen molar-refractivity contribution in [2.75, 3.05) is 13.1 Å². The summed E-state index contributed by atoms with van der Waals surface area (Å²) in [7, 11) is 0. The monoisotopic (exact) mass is 350 g/mol. The summed E-state index contributed by atoms with van der Waals surface area (Å²) in [4.78, 5) is 30.5. The highest BCUT2D eigenvalue weighted by atomic mass is 16.5. The molecule has 7 heteroatoms. The molecule has 4 rings (SSSR count). The summed E-state index contributed by atoms with van der Waals surface area (Å²) in [6.07, 6.45) is 2.66. The standard InChI is InChI=1S/C19H18N4O3/c1-12-11-17(26-21-12)19(25)22-9-7-14(8-10-22)23-13(2)20-18(24)15-5-3-4-6-16(15)23/h3-7,11H,8-10H2,1-2H3. The van der Waals surface area contributed by atoms with Crippen LogP contribution in [0, 0.1) is 13.8 Å². The number of aryl methyl sites for hydroxylation is 2. The SMILES string of the molecule is Cc1cc(C(=O)N2CC=C(n3c(C)nc(=O)c4ccccc43)CC2)on1. The first-order chi connectivity index (χ1) is 12.5. The predicted molar refractivity (Wildman–Crippen MR) is 96.8 cm³/mol. The summed E-state index contributed by atoms with van der Waals surface area (Å²) in [6, 6.07) is 9.08. The number of rotatable bonds is 2. The van der Waals surface area contributed by atoms with Crippen molar-refractivity contribution in [3.63, 3.8) is 0 Å². The molecule has 0 unspecified atom stereocenters.